The number of benzene rings is 1. The Hall–Kier alpha value is -1.16. The van der Waals surface area contributed by atoms with Crippen molar-refractivity contribution in [2.45, 2.75) is 44.8 Å². The van der Waals surface area contributed by atoms with Crippen molar-refractivity contribution >= 4 is 47.0 Å². The first kappa shape index (κ1) is 22.5. The maximum absolute atomic E-state index is 6.30. The summed E-state index contributed by atoms with van der Waals surface area (Å²) in [5.74, 6) is 0.502. The van der Waals surface area contributed by atoms with Gasteiger partial charge in [0.05, 0.1) is 25.3 Å². The zero-order valence-electron chi connectivity index (χ0n) is 17.0. The molecule has 0 amide bonds. The molecule has 0 saturated carbocycles. The first-order valence-electron chi connectivity index (χ1n) is 10.3. The average molecular weight is 526 g/mol. The van der Waals surface area contributed by atoms with Gasteiger partial charge in [-0.2, -0.15) is 0 Å². The quantitative estimate of drug-likeness (QED) is 0.344. The van der Waals surface area contributed by atoms with Crippen LogP contribution in [0.2, 0.25) is 0 Å². The molecule has 2 unspecified atom stereocenters. The number of nitrogens with one attached hydrogen (secondary N) is 1. The average Bonchev–Trinajstić information content (AvgIpc) is 3.23. The van der Waals surface area contributed by atoms with E-state index in [9.17, 15) is 0 Å². The minimum Gasteiger partial charge on any atom is -0.376 e. The van der Waals surface area contributed by atoms with E-state index in [2.05, 4.69) is 52.9 Å². The fourth-order valence-electron chi connectivity index (χ4n) is 4.26. The second-order valence-electron chi connectivity index (χ2n) is 7.71. The van der Waals surface area contributed by atoms with Crippen molar-refractivity contribution in [3.05, 3.63) is 51.7 Å². The van der Waals surface area contributed by atoms with Crippen molar-refractivity contribution < 1.29 is 4.74 Å². The molecule has 0 bridgehead atoms. The number of rotatable bonds is 5. The van der Waals surface area contributed by atoms with Gasteiger partial charge in [-0.05, 0) is 61.2 Å². The minimum atomic E-state index is 0. The Labute approximate surface area is 194 Å². The van der Waals surface area contributed by atoms with Crippen LogP contribution in [-0.2, 0) is 17.6 Å². The molecule has 1 saturated heterocycles. The van der Waals surface area contributed by atoms with Crippen LogP contribution < -0.4 is 11.1 Å². The monoisotopic (exact) mass is 526 g/mol. The summed E-state index contributed by atoms with van der Waals surface area (Å²) >= 11 is 1.79. The smallest absolute Gasteiger partial charge is 0.193 e. The first-order chi connectivity index (χ1) is 13.7. The number of nitrogens with two attached hydrogens (primary N) is 1. The Morgan fingerprint density at radius 3 is 2.97 bits per heavy atom. The molecule has 1 aromatic heterocycles. The molecule has 158 valence electrons. The lowest BCUT2D eigenvalue weighted by Gasteiger charge is -2.36. The summed E-state index contributed by atoms with van der Waals surface area (Å²) in [5.41, 5.74) is 10.3. The largest absolute Gasteiger partial charge is 0.376 e. The third-order valence-corrected chi connectivity index (χ3v) is 6.65. The number of aryl methyl sites for hydroxylation is 1. The molecular weight excluding hydrogens is 495 g/mol. The van der Waals surface area contributed by atoms with Gasteiger partial charge in [0.2, 0.25) is 0 Å². The summed E-state index contributed by atoms with van der Waals surface area (Å²) in [4.78, 5) is 8.54. The van der Waals surface area contributed by atoms with Gasteiger partial charge in [0, 0.05) is 23.7 Å². The van der Waals surface area contributed by atoms with Crippen molar-refractivity contribution in [1.82, 2.24) is 4.90 Å². The van der Waals surface area contributed by atoms with Gasteiger partial charge in [0.25, 0.3) is 0 Å². The SMILES string of the molecule is CC1CN(C(CN=C(N)Nc2cccc3c2CCCC3)c2cccs2)CCO1.I. The highest BCUT2D eigenvalue weighted by Crippen LogP contribution is 2.29. The van der Waals surface area contributed by atoms with Crippen LogP contribution >= 0.6 is 35.3 Å². The number of thiophene rings is 1. The molecule has 1 aromatic carbocycles. The zero-order chi connectivity index (χ0) is 19.3. The molecule has 1 aliphatic carbocycles. The van der Waals surface area contributed by atoms with Crippen molar-refractivity contribution in [2.75, 3.05) is 31.6 Å². The van der Waals surface area contributed by atoms with Gasteiger partial charge >= 0.3 is 0 Å². The van der Waals surface area contributed by atoms with Crippen molar-refractivity contribution in [3.63, 3.8) is 0 Å². The molecule has 4 rings (SSSR count). The maximum atomic E-state index is 6.30. The molecule has 2 aliphatic rings. The van der Waals surface area contributed by atoms with Crippen LogP contribution in [0.5, 0.6) is 0 Å². The van der Waals surface area contributed by atoms with E-state index in [1.807, 2.05) is 0 Å². The number of hydrogen-bond acceptors (Lipinski definition) is 4. The number of halogens is 1. The van der Waals surface area contributed by atoms with E-state index in [1.165, 1.54) is 28.8 Å². The van der Waals surface area contributed by atoms with E-state index >= 15 is 0 Å². The van der Waals surface area contributed by atoms with E-state index in [0.717, 1.165) is 38.2 Å². The highest BCUT2D eigenvalue weighted by molar-refractivity contribution is 14.0. The number of nitrogens with zero attached hydrogens (tertiary/aromatic N) is 2. The molecule has 2 atom stereocenters. The van der Waals surface area contributed by atoms with Crippen LogP contribution in [0.15, 0.2) is 40.7 Å². The van der Waals surface area contributed by atoms with E-state index in [-0.39, 0.29) is 36.1 Å². The number of aliphatic imine (C=N–C) groups is 1. The summed E-state index contributed by atoms with van der Waals surface area (Å²) in [6.07, 6.45) is 5.07. The summed E-state index contributed by atoms with van der Waals surface area (Å²) in [5, 5.41) is 5.50. The van der Waals surface area contributed by atoms with Crippen LogP contribution in [0.25, 0.3) is 0 Å². The topological polar surface area (TPSA) is 62.9 Å². The third kappa shape index (κ3) is 5.71. The Morgan fingerprint density at radius 1 is 1.31 bits per heavy atom. The van der Waals surface area contributed by atoms with E-state index in [0.29, 0.717) is 12.5 Å². The van der Waals surface area contributed by atoms with Crippen molar-refractivity contribution in [3.8, 4) is 0 Å². The summed E-state index contributed by atoms with van der Waals surface area (Å²) in [6, 6.07) is 11.0. The van der Waals surface area contributed by atoms with Crippen molar-refractivity contribution in [1.29, 1.82) is 0 Å². The van der Waals surface area contributed by atoms with E-state index in [1.54, 1.807) is 11.3 Å². The molecule has 0 spiro atoms. The maximum Gasteiger partial charge on any atom is 0.193 e. The van der Waals surface area contributed by atoms with Gasteiger partial charge in [0.15, 0.2) is 5.96 Å². The second-order valence-corrected chi connectivity index (χ2v) is 8.69. The third-order valence-electron chi connectivity index (χ3n) is 5.68. The van der Waals surface area contributed by atoms with Crippen LogP contribution in [0.3, 0.4) is 0 Å². The number of morpholine rings is 1. The van der Waals surface area contributed by atoms with Crippen LogP contribution in [0, 0.1) is 0 Å². The highest BCUT2D eigenvalue weighted by atomic mass is 127. The van der Waals surface area contributed by atoms with Gasteiger partial charge in [-0.25, -0.2) is 0 Å². The van der Waals surface area contributed by atoms with Crippen LogP contribution in [-0.4, -0.2) is 43.2 Å². The number of anilines is 1. The predicted octanol–water partition coefficient (Wildman–Crippen LogP) is 4.43. The molecule has 1 aliphatic heterocycles. The Morgan fingerprint density at radius 2 is 2.17 bits per heavy atom. The molecule has 3 N–H and O–H groups in total. The Bertz CT molecular complexity index is 811. The molecular formula is C22H31IN4OS. The summed E-state index contributed by atoms with van der Waals surface area (Å²) in [6.45, 7) is 5.42. The predicted molar refractivity (Wildman–Crippen MR) is 133 cm³/mol. The lowest BCUT2D eigenvalue weighted by atomic mass is 9.90. The lowest BCUT2D eigenvalue weighted by Crippen LogP contribution is -2.44. The van der Waals surface area contributed by atoms with Crippen molar-refractivity contribution in [2.24, 2.45) is 10.7 Å². The fourth-order valence-corrected chi connectivity index (χ4v) is 5.11. The highest BCUT2D eigenvalue weighted by Gasteiger charge is 2.26. The van der Waals surface area contributed by atoms with Gasteiger partial charge in [0.1, 0.15) is 0 Å². The first-order valence-corrected chi connectivity index (χ1v) is 11.2. The Kier molecular flexibility index (Phi) is 8.35. The molecule has 7 heteroatoms. The molecule has 5 nitrogen and oxygen atoms in total. The molecule has 1 fully saturated rings. The number of guanidine groups is 1. The second kappa shape index (κ2) is 10.7. The normalized spacial score (nSPS) is 21.1. The van der Waals surface area contributed by atoms with Gasteiger partial charge < -0.3 is 15.8 Å². The number of hydrogen-bond donors (Lipinski definition) is 2. The standard InChI is InChI=1S/C22H30N4OS.HI/c1-16-15-26(11-12-27-16)20(21-10-5-13-28-21)14-24-22(23)25-19-9-4-7-17-6-2-3-8-18(17)19;/h4-5,7,9-10,13,16,20H,2-3,6,8,11-12,14-15H2,1H3,(H3,23,24,25);1H. The van der Waals surface area contributed by atoms with Gasteiger partial charge in [-0.1, -0.05) is 18.2 Å². The van der Waals surface area contributed by atoms with Crippen LogP contribution in [0.1, 0.15) is 41.8 Å². The molecule has 29 heavy (non-hydrogen) atoms. The molecule has 0 radical (unpaired) electrons. The Balaban J connectivity index is 0.00000240. The van der Waals surface area contributed by atoms with Gasteiger partial charge in [-0.15, -0.1) is 35.3 Å². The minimum absolute atomic E-state index is 0. The molecule has 2 heterocycles. The van der Waals surface area contributed by atoms with Crippen LogP contribution in [0.4, 0.5) is 5.69 Å². The van der Waals surface area contributed by atoms with E-state index in [4.69, 9.17) is 15.5 Å². The number of ether oxygens (including phenoxy) is 1. The zero-order valence-corrected chi connectivity index (χ0v) is 20.1. The summed E-state index contributed by atoms with van der Waals surface area (Å²) in [7, 11) is 0. The molecule has 2 aromatic rings. The van der Waals surface area contributed by atoms with Gasteiger partial charge in [-0.3, -0.25) is 9.89 Å². The summed E-state index contributed by atoms with van der Waals surface area (Å²) < 4.78 is 5.72. The fraction of sp³-hybridized carbons (Fsp3) is 0.500. The lowest BCUT2D eigenvalue weighted by molar-refractivity contribution is -0.0327. The van der Waals surface area contributed by atoms with E-state index < -0.39 is 0 Å². The number of fused-ring (bicyclic) bond motifs is 1.